The number of hydrogen-bond acceptors (Lipinski definition) is 6. The maximum absolute atomic E-state index is 9.71. The molecule has 144 valence electrons. The van der Waals surface area contributed by atoms with E-state index in [1.54, 1.807) is 6.33 Å². The second-order valence-corrected chi connectivity index (χ2v) is 7.30. The fourth-order valence-corrected chi connectivity index (χ4v) is 4.14. The van der Waals surface area contributed by atoms with E-state index in [0.717, 1.165) is 56.3 Å². The number of nitrogens with zero attached hydrogens (tertiary/aromatic N) is 4. The predicted octanol–water partition coefficient (Wildman–Crippen LogP) is 2.79. The van der Waals surface area contributed by atoms with E-state index in [2.05, 4.69) is 44.0 Å². The average molecular weight is 368 g/mol. The summed E-state index contributed by atoms with van der Waals surface area (Å²) in [5, 5.41) is 9.71. The highest BCUT2D eigenvalue weighted by Gasteiger charge is 2.24. The summed E-state index contributed by atoms with van der Waals surface area (Å²) in [4.78, 5) is 13.6. The third-order valence-electron chi connectivity index (χ3n) is 5.60. The molecule has 0 amide bonds. The molecule has 1 fully saturated rings. The lowest BCUT2D eigenvalue weighted by Gasteiger charge is -2.36. The highest BCUT2D eigenvalue weighted by atomic mass is 16.5. The number of hydrogen-bond donors (Lipinski definition) is 1. The van der Waals surface area contributed by atoms with Gasteiger partial charge in [-0.1, -0.05) is 6.07 Å². The van der Waals surface area contributed by atoms with E-state index in [1.165, 1.54) is 17.5 Å². The first-order chi connectivity index (χ1) is 13.3. The maximum Gasteiger partial charge on any atom is 0.134 e. The fourth-order valence-electron chi connectivity index (χ4n) is 4.14. The van der Waals surface area contributed by atoms with Crippen LogP contribution in [0.1, 0.15) is 37.3 Å². The van der Waals surface area contributed by atoms with Gasteiger partial charge in [-0.3, -0.25) is 0 Å². The Hall–Kier alpha value is -2.34. The number of aliphatic hydroxyl groups excluding tert-OH is 1. The van der Waals surface area contributed by atoms with Gasteiger partial charge in [0.2, 0.25) is 0 Å². The van der Waals surface area contributed by atoms with Gasteiger partial charge >= 0.3 is 0 Å². The minimum absolute atomic E-state index is 0.164. The zero-order valence-electron chi connectivity index (χ0n) is 16.0. The van der Waals surface area contributed by atoms with Crippen molar-refractivity contribution in [3.8, 4) is 5.75 Å². The average Bonchev–Trinajstić information content (AvgIpc) is 2.73. The van der Waals surface area contributed by atoms with E-state index in [4.69, 9.17) is 4.74 Å². The smallest absolute Gasteiger partial charge is 0.134 e. The molecule has 6 nitrogen and oxygen atoms in total. The molecule has 2 aliphatic rings. The van der Waals surface area contributed by atoms with Gasteiger partial charge in [0.1, 0.15) is 23.7 Å². The van der Waals surface area contributed by atoms with E-state index >= 15 is 0 Å². The molecule has 6 heteroatoms. The Bertz CT molecular complexity index is 783. The molecule has 1 aromatic heterocycles. The summed E-state index contributed by atoms with van der Waals surface area (Å²) in [7, 11) is 0. The molecule has 0 spiro atoms. The Labute approximate surface area is 160 Å². The van der Waals surface area contributed by atoms with Crippen LogP contribution >= 0.6 is 0 Å². The molecule has 1 N–H and O–H groups in total. The van der Waals surface area contributed by atoms with Crippen LogP contribution in [0.3, 0.4) is 0 Å². The monoisotopic (exact) mass is 368 g/mol. The molecule has 2 aliphatic heterocycles. The molecule has 2 aromatic rings. The molecule has 1 unspecified atom stereocenters. The van der Waals surface area contributed by atoms with Gasteiger partial charge in [-0.15, -0.1) is 0 Å². The summed E-state index contributed by atoms with van der Waals surface area (Å²) < 4.78 is 5.66. The predicted molar refractivity (Wildman–Crippen MR) is 106 cm³/mol. The Morgan fingerprint density at radius 1 is 1.11 bits per heavy atom. The number of piperidine rings is 1. The van der Waals surface area contributed by atoms with Gasteiger partial charge in [0, 0.05) is 25.7 Å². The van der Waals surface area contributed by atoms with E-state index < -0.39 is 0 Å². The van der Waals surface area contributed by atoms with Crippen LogP contribution in [0.2, 0.25) is 0 Å². The number of aliphatic hydroxyl groups is 1. The Kier molecular flexibility index (Phi) is 5.43. The second kappa shape index (κ2) is 8.13. The van der Waals surface area contributed by atoms with Crippen molar-refractivity contribution in [2.75, 3.05) is 36.1 Å². The van der Waals surface area contributed by atoms with Crippen molar-refractivity contribution in [1.82, 2.24) is 9.97 Å². The van der Waals surface area contributed by atoms with Crippen molar-refractivity contribution in [3.63, 3.8) is 0 Å². The van der Waals surface area contributed by atoms with E-state index in [1.807, 2.05) is 6.92 Å². The van der Waals surface area contributed by atoms with Crippen molar-refractivity contribution in [2.24, 2.45) is 0 Å². The van der Waals surface area contributed by atoms with Crippen molar-refractivity contribution >= 4 is 11.6 Å². The summed E-state index contributed by atoms with van der Waals surface area (Å²) in [5.41, 5.74) is 2.69. The van der Waals surface area contributed by atoms with Crippen LogP contribution in [0.25, 0.3) is 0 Å². The molecule has 27 heavy (non-hydrogen) atoms. The van der Waals surface area contributed by atoms with Gasteiger partial charge in [0.15, 0.2) is 0 Å². The third-order valence-corrected chi connectivity index (χ3v) is 5.60. The standard InChI is InChI=1S/C21H28N4O2/c1-2-27-19-7-6-16-8-10-24(13-17(16)11-19)20-12-21(23-15-22-20)25-9-4-3-5-18(25)14-26/h6-7,11-12,15,18,26H,2-5,8-10,13-14H2,1H3. The zero-order valence-corrected chi connectivity index (χ0v) is 16.0. The first-order valence-electron chi connectivity index (χ1n) is 9.97. The van der Waals surface area contributed by atoms with E-state index in [9.17, 15) is 5.11 Å². The SMILES string of the molecule is CCOc1ccc2c(c1)CN(c1cc(N3CCCCC3CO)ncn1)CC2. The molecule has 0 radical (unpaired) electrons. The van der Waals surface area contributed by atoms with Gasteiger partial charge in [-0.25, -0.2) is 9.97 Å². The molecule has 1 saturated heterocycles. The van der Waals surface area contributed by atoms with Crippen LogP contribution in [0.4, 0.5) is 11.6 Å². The van der Waals surface area contributed by atoms with Gasteiger partial charge in [-0.2, -0.15) is 0 Å². The highest BCUT2D eigenvalue weighted by molar-refractivity contribution is 5.53. The number of aromatic nitrogens is 2. The van der Waals surface area contributed by atoms with Crippen molar-refractivity contribution < 1.29 is 9.84 Å². The summed E-state index contributed by atoms with van der Waals surface area (Å²) in [6.45, 7) is 5.59. The lowest BCUT2D eigenvalue weighted by atomic mass is 9.99. The Morgan fingerprint density at radius 2 is 2.00 bits per heavy atom. The number of anilines is 2. The summed E-state index contributed by atoms with van der Waals surface area (Å²) in [6, 6.07) is 8.64. The van der Waals surface area contributed by atoms with Crippen molar-refractivity contribution in [1.29, 1.82) is 0 Å². The maximum atomic E-state index is 9.71. The molecular weight excluding hydrogens is 340 g/mol. The highest BCUT2D eigenvalue weighted by Crippen LogP contribution is 2.29. The molecular formula is C21H28N4O2. The minimum Gasteiger partial charge on any atom is -0.494 e. The quantitative estimate of drug-likeness (QED) is 0.876. The summed E-state index contributed by atoms with van der Waals surface area (Å²) >= 11 is 0. The van der Waals surface area contributed by atoms with Gasteiger partial charge in [-0.05, 0) is 55.9 Å². The number of ether oxygens (including phenoxy) is 1. The van der Waals surface area contributed by atoms with Crippen LogP contribution in [-0.2, 0) is 13.0 Å². The molecule has 4 rings (SSSR count). The minimum atomic E-state index is 0.164. The van der Waals surface area contributed by atoms with Crippen LogP contribution in [0.15, 0.2) is 30.6 Å². The molecule has 1 atom stereocenters. The van der Waals surface area contributed by atoms with Crippen LogP contribution < -0.4 is 14.5 Å². The van der Waals surface area contributed by atoms with Crippen LogP contribution in [0, 0.1) is 0 Å². The fraction of sp³-hybridized carbons (Fsp3) is 0.524. The molecule has 0 aliphatic carbocycles. The normalized spacial score (nSPS) is 19.7. The third kappa shape index (κ3) is 3.86. The summed E-state index contributed by atoms with van der Waals surface area (Å²) in [5.74, 6) is 2.81. The largest absolute Gasteiger partial charge is 0.494 e. The Balaban J connectivity index is 1.55. The number of fused-ring (bicyclic) bond motifs is 1. The van der Waals surface area contributed by atoms with Crippen LogP contribution in [0.5, 0.6) is 5.75 Å². The number of rotatable bonds is 5. The molecule has 0 bridgehead atoms. The van der Waals surface area contributed by atoms with E-state index in [-0.39, 0.29) is 12.6 Å². The number of benzene rings is 1. The molecule has 3 heterocycles. The van der Waals surface area contributed by atoms with Gasteiger partial charge in [0.25, 0.3) is 0 Å². The molecule has 0 saturated carbocycles. The first kappa shape index (κ1) is 18.0. The lowest BCUT2D eigenvalue weighted by molar-refractivity contribution is 0.239. The zero-order chi connectivity index (χ0) is 18.6. The Morgan fingerprint density at radius 3 is 2.85 bits per heavy atom. The molecule has 1 aromatic carbocycles. The van der Waals surface area contributed by atoms with Crippen molar-refractivity contribution in [2.45, 2.75) is 45.2 Å². The van der Waals surface area contributed by atoms with Gasteiger partial charge in [0.05, 0.1) is 19.3 Å². The van der Waals surface area contributed by atoms with E-state index in [0.29, 0.717) is 6.61 Å². The lowest BCUT2D eigenvalue weighted by Crippen LogP contribution is -2.42. The van der Waals surface area contributed by atoms with Crippen LogP contribution in [-0.4, -0.2) is 47.4 Å². The second-order valence-electron chi connectivity index (χ2n) is 7.30. The van der Waals surface area contributed by atoms with Crippen molar-refractivity contribution in [3.05, 3.63) is 41.7 Å². The topological polar surface area (TPSA) is 61.7 Å². The first-order valence-corrected chi connectivity index (χ1v) is 9.97. The van der Waals surface area contributed by atoms with Gasteiger partial charge < -0.3 is 19.6 Å². The summed E-state index contributed by atoms with van der Waals surface area (Å²) in [6.07, 6.45) is 5.99.